The van der Waals surface area contributed by atoms with Crippen LogP contribution in [0.15, 0.2) is 41.7 Å². The summed E-state index contributed by atoms with van der Waals surface area (Å²) in [7, 11) is 7.53. The van der Waals surface area contributed by atoms with Gasteiger partial charge in [0, 0.05) is 56.5 Å². The highest BCUT2D eigenvalue weighted by molar-refractivity contribution is 5.80. The summed E-state index contributed by atoms with van der Waals surface area (Å²) >= 11 is 0. The first kappa shape index (κ1) is 17.3. The highest BCUT2D eigenvalue weighted by Gasteiger charge is 2.53. The predicted molar refractivity (Wildman–Crippen MR) is 99.9 cm³/mol. The van der Waals surface area contributed by atoms with Crippen molar-refractivity contribution >= 4 is 5.96 Å². The lowest BCUT2D eigenvalue weighted by molar-refractivity contribution is 0.404. The molecule has 2 atom stereocenters. The number of hydrogen-bond acceptors (Lipinski definition) is 3. The molecule has 2 aromatic rings. The number of aryl methyl sites for hydroxylation is 1. The Morgan fingerprint density at radius 3 is 2.88 bits per heavy atom. The van der Waals surface area contributed by atoms with Gasteiger partial charge in [-0.2, -0.15) is 5.10 Å². The van der Waals surface area contributed by atoms with E-state index in [2.05, 4.69) is 39.4 Å². The van der Waals surface area contributed by atoms with E-state index in [1.807, 2.05) is 50.4 Å². The van der Waals surface area contributed by atoms with E-state index in [9.17, 15) is 0 Å². The third-order valence-corrected chi connectivity index (χ3v) is 5.01. The van der Waals surface area contributed by atoms with Gasteiger partial charge in [-0.1, -0.05) is 25.1 Å². The first-order valence-electron chi connectivity index (χ1n) is 8.53. The third kappa shape index (κ3) is 3.48. The number of methoxy groups -OCH3 is 1. The number of aliphatic imine (C=N–C) groups is 1. The van der Waals surface area contributed by atoms with Crippen molar-refractivity contribution in [3.63, 3.8) is 0 Å². The van der Waals surface area contributed by atoms with E-state index in [0.29, 0.717) is 6.04 Å². The lowest BCUT2D eigenvalue weighted by Gasteiger charge is -2.23. The topological polar surface area (TPSA) is 54.7 Å². The maximum Gasteiger partial charge on any atom is 0.193 e. The number of rotatable bonds is 5. The summed E-state index contributed by atoms with van der Waals surface area (Å²) in [4.78, 5) is 6.57. The van der Waals surface area contributed by atoms with E-state index in [1.165, 1.54) is 5.56 Å². The summed E-state index contributed by atoms with van der Waals surface area (Å²) in [6, 6.07) is 8.61. The Hall–Kier alpha value is -2.50. The Balaban J connectivity index is 1.67. The first-order chi connectivity index (χ1) is 12.0. The number of benzene rings is 1. The quantitative estimate of drug-likeness (QED) is 0.669. The van der Waals surface area contributed by atoms with E-state index >= 15 is 0 Å². The fraction of sp³-hybridized carbons (Fsp3) is 0.474. The molecule has 1 aliphatic carbocycles. The van der Waals surface area contributed by atoms with Crippen LogP contribution in [0.5, 0.6) is 5.75 Å². The van der Waals surface area contributed by atoms with Gasteiger partial charge in [0.05, 0.1) is 13.3 Å². The largest absolute Gasteiger partial charge is 0.496 e. The minimum atomic E-state index is 0.0671. The van der Waals surface area contributed by atoms with Crippen LogP contribution in [0.3, 0.4) is 0 Å². The second-order valence-electron chi connectivity index (χ2n) is 6.94. The van der Waals surface area contributed by atoms with Crippen LogP contribution in [-0.2, 0) is 19.0 Å². The molecule has 1 N–H and O–H groups in total. The number of hydrogen-bond donors (Lipinski definition) is 1. The van der Waals surface area contributed by atoms with Crippen molar-refractivity contribution in [2.45, 2.75) is 31.3 Å². The monoisotopic (exact) mass is 341 g/mol. The Bertz CT molecular complexity index is 769. The molecule has 1 heterocycles. The molecule has 2 unspecified atom stereocenters. The van der Waals surface area contributed by atoms with Crippen molar-refractivity contribution in [3.8, 4) is 5.75 Å². The lowest BCUT2D eigenvalue weighted by Crippen LogP contribution is -2.41. The maximum absolute atomic E-state index is 5.54. The van der Waals surface area contributed by atoms with Crippen LogP contribution in [0.4, 0.5) is 0 Å². The molecule has 6 heteroatoms. The number of aromatic nitrogens is 2. The van der Waals surface area contributed by atoms with Gasteiger partial charge in [-0.05, 0) is 12.5 Å². The Labute approximate surface area is 149 Å². The van der Waals surface area contributed by atoms with E-state index in [0.717, 1.165) is 30.2 Å². The predicted octanol–water partition coefficient (Wildman–Crippen LogP) is 2.17. The molecule has 1 saturated carbocycles. The molecule has 1 aliphatic rings. The normalized spacial score (nSPS) is 22.6. The zero-order chi connectivity index (χ0) is 18.0. The van der Waals surface area contributed by atoms with Crippen molar-refractivity contribution in [2.24, 2.45) is 12.0 Å². The summed E-state index contributed by atoms with van der Waals surface area (Å²) < 4.78 is 7.36. The summed E-state index contributed by atoms with van der Waals surface area (Å²) in [5, 5.41) is 7.83. The summed E-state index contributed by atoms with van der Waals surface area (Å²) in [6.45, 7) is 3.04. The van der Waals surface area contributed by atoms with Crippen LogP contribution in [0.25, 0.3) is 0 Å². The van der Waals surface area contributed by atoms with Crippen LogP contribution in [0, 0.1) is 0 Å². The lowest BCUT2D eigenvalue weighted by atomic mass is 9.96. The van der Waals surface area contributed by atoms with Gasteiger partial charge in [0.25, 0.3) is 0 Å². The van der Waals surface area contributed by atoms with Crippen molar-refractivity contribution in [1.29, 1.82) is 0 Å². The molecule has 0 amide bonds. The fourth-order valence-corrected chi connectivity index (χ4v) is 3.39. The van der Waals surface area contributed by atoms with Crippen LogP contribution in [0.1, 0.15) is 24.5 Å². The van der Waals surface area contributed by atoms with Crippen LogP contribution < -0.4 is 10.1 Å². The van der Waals surface area contributed by atoms with Gasteiger partial charge >= 0.3 is 0 Å². The van der Waals surface area contributed by atoms with Gasteiger partial charge < -0.3 is 15.0 Å². The molecule has 0 radical (unpaired) electrons. The zero-order valence-corrected chi connectivity index (χ0v) is 15.7. The molecule has 1 fully saturated rings. The Morgan fingerprint density at radius 2 is 2.24 bits per heavy atom. The number of nitrogens with zero attached hydrogens (tertiary/aromatic N) is 4. The van der Waals surface area contributed by atoms with Crippen molar-refractivity contribution < 1.29 is 4.74 Å². The average Bonchev–Trinajstić information content (AvgIpc) is 3.09. The highest BCUT2D eigenvalue weighted by Crippen LogP contribution is 2.51. The molecule has 1 aromatic carbocycles. The summed E-state index contributed by atoms with van der Waals surface area (Å²) in [6.07, 6.45) is 4.98. The second-order valence-corrected chi connectivity index (χ2v) is 6.94. The average molecular weight is 341 g/mol. The molecule has 0 aliphatic heterocycles. The van der Waals surface area contributed by atoms with Gasteiger partial charge in [-0.3, -0.25) is 9.67 Å². The number of nitrogens with one attached hydrogen (secondary N) is 1. The highest BCUT2D eigenvalue weighted by atomic mass is 16.5. The summed E-state index contributed by atoms with van der Waals surface area (Å²) in [5.74, 6) is 1.85. The maximum atomic E-state index is 5.54. The van der Waals surface area contributed by atoms with E-state index < -0.39 is 0 Å². The second kappa shape index (κ2) is 6.78. The standard InChI is InChI=1S/C19H27N5O/c1-19(15-8-6-7-9-16(15)25-5)10-17(19)22-18(20-2)23(3)12-14-11-21-24(4)13-14/h6-9,11,13,17H,10,12H2,1-5H3,(H,20,22). The van der Waals surface area contributed by atoms with Gasteiger partial charge in [0.2, 0.25) is 0 Å². The first-order valence-corrected chi connectivity index (χ1v) is 8.53. The fourth-order valence-electron chi connectivity index (χ4n) is 3.39. The van der Waals surface area contributed by atoms with Crippen molar-refractivity contribution in [2.75, 3.05) is 21.2 Å². The zero-order valence-electron chi connectivity index (χ0n) is 15.7. The molecule has 0 saturated heterocycles. The van der Waals surface area contributed by atoms with Gasteiger partial charge in [-0.25, -0.2) is 0 Å². The molecular weight excluding hydrogens is 314 g/mol. The van der Waals surface area contributed by atoms with Crippen molar-refractivity contribution in [1.82, 2.24) is 20.0 Å². The molecule has 0 bridgehead atoms. The minimum Gasteiger partial charge on any atom is -0.496 e. The van der Waals surface area contributed by atoms with E-state index in [-0.39, 0.29) is 5.41 Å². The number of ether oxygens (including phenoxy) is 1. The Kier molecular flexibility index (Phi) is 4.70. The molecule has 134 valence electrons. The molecule has 1 aromatic heterocycles. The number of para-hydroxylation sites is 1. The van der Waals surface area contributed by atoms with Gasteiger partial charge in [0.1, 0.15) is 5.75 Å². The summed E-state index contributed by atoms with van der Waals surface area (Å²) in [5.41, 5.74) is 2.48. The molecule has 25 heavy (non-hydrogen) atoms. The SMILES string of the molecule is CN=C(NC1CC1(C)c1ccccc1OC)N(C)Cc1cnn(C)c1. The molecular formula is C19H27N5O. The minimum absolute atomic E-state index is 0.0671. The number of guanidine groups is 1. The van der Waals surface area contributed by atoms with E-state index in [1.54, 1.807) is 7.11 Å². The molecule has 0 spiro atoms. The van der Waals surface area contributed by atoms with Crippen molar-refractivity contribution in [3.05, 3.63) is 47.8 Å². The molecule has 3 rings (SSSR count). The van der Waals surface area contributed by atoms with Crippen LogP contribution in [-0.4, -0.2) is 47.9 Å². The van der Waals surface area contributed by atoms with Crippen LogP contribution in [0.2, 0.25) is 0 Å². The Morgan fingerprint density at radius 1 is 1.48 bits per heavy atom. The smallest absolute Gasteiger partial charge is 0.193 e. The molecule has 6 nitrogen and oxygen atoms in total. The van der Waals surface area contributed by atoms with Gasteiger partial charge in [0.15, 0.2) is 5.96 Å². The third-order valence-electron chi connectivity index (χ3n) is 5.01. The van der Waals surface area contributed by atoms with Gasteiger partial charge in [-0.15, -0.1) is 0 Å². The van der Waals surface area contributed by atoms with Crippen LogP contribution >= 0.6 is 0 Å². The van der Waals surface area contributed by atoms with E-state index in [4.69, 9.17) is 4.74 Å².